The maximum atomic E-state index is 10.7. The Hall–Kier alpha value is -0.220. The number of rotatable bonds is 6. The van der Waals surface area contributed by atoms with Crippen LogP contribution in [0.25, 0.3) is 0 Å². The van der Waals surface area contributed by atoms with Crippen LogP contribution in [0.1, 0.15) is 44.9 Å². The van der Waals surface area contributed by atoms with Crippen LogP contribution in [0.4, 0.5) is 0 Å². The average Bonchev–Trinajstić information content (AvgIpc) is 2.32. The van der Waals surface area contributed by atoms with Crippen molar-refractivity contribution in [3.05, 3.63) is 0 Å². The van der Waals surface area contributed by atoms with Crippen LogP contribution in [0.3, 0.4) is 0 Å². The fourth-order valence-electron chi connectivity index (χ4n) is 5.09. The second-order valence-corrected chi connectivity index (χ2v) is 8.31. The fourth-order valence-corrected chi connectivity index (χ4v) is 6.44. The van der Waals surface area contributed by atoms with Crippen molar-refractivity contribution in [2.45, 2.75) is 51.0 Å². The molecule has 0 saturated heterocycles. The van der Waals surface area contributed by atoms with Crippen LogP contribution in [0.15, 0.2) is 0 Å². The Bertz CT molecular complexity index is 323. The summed E-state index contributed by atoms with van der Waals surface area (Å²) in [5.74, 6) is 4.29. The Morgan fingerprint density at radius 3 is 2.21 bits per heavy atom. The quantitative estimate of drug-likeness (QED) is 0.736. The van der Waals surface area contributed by atoms with E-state index in [2.05, 4.69) is 0 Å². The molecular weight excluding hydrogens is 258 g/mol. The minimum Gasteiger partial charge on any atom is -0.480 e. The molecule has 19 heavy (non-hydrogen) atoms. The van der Waals surface area contributed by atoms with Gasteiger partial charge in [-0.15, -0.1) is 0 Å². The molecule has 4 saturated carbocycles. The highest BCUT2D eigenvalue weighted by Gasteiger charge is 2.50. The van der Waals surface area contributed by atoms with Gasteiger partial charge < -0.3 is 10.8 Å². The predicted octanol–water partition coefficient (Wildman–Crippen LogP) is 2.74. The van der Waals surface area contributed by atoms with Gasteiger partial charge in [0.2, 0.25) is 0 Å². The lowest BCUT2D eigenvalue weighted by Crippen LogP contribution is -2.47. The van der Waals surface area contributed by atoms with Crippen LogP contribution in [0, 0.1) is 23.2 Å². The van der Waals surface area contributed by atoms with Crippen LogP contribution in [0.5, 0.6) is 0 Å². The third-order valence-corrected chi connectivity index (χ3v) is 6.80. The fraction of sp³-hybridized carbons (Fsp3) is 0.933. The molecule has 0 amide bonds. The molecule has 0 aromatic carbocycles. The number of thioether (sulfide) groups is 1. The maximum absolute atomic E-state index is 10.7. The molecule has 4 fully saturated rings. The SMILES string of the molecule is NC(CCSCC12CC3CC(CC(C3)C1)C2)C(=O)O. The Morgan fingerprint density at radius 1 is 1.21 bits per heavy atom. The van der Waals surface area contributed by atoms with Gasteiger partial charge in [-0.05, 0) is 79.6 Å². The number of carbonyl (C=O) groups is 1. The first-order valence-corrected chi connectivity index (χ1v) is 8.78. The number of nitrogens with two attached hydrogens (primary N) is 1. The number of aliphatic carboxylic acids is 1. The van der Waals surface area contributed by atoms with Gasteiger partial charge in [-0.25, -0.2) is 0 Å². The summed E-state index contributed by atoms with van der Waals surface area (Å²) in [6.07, 6.45) is 9.41. The van der Waals surface area contributed by atoms with Crippen LogP contribution >= 0.6 is 11.8 Å². The molecule has 4 heteroatoms. The predicted molar refractivity (Wildman–Crippen MR) is 78.2 cm³/mol. The average molecular weight is 283 g/mol. The van der Waals surface area contributed by atoms with E-state index in [1.165, 1.54) is 44.3 Å². The molecular formula is C15H25NO2S. The Morgan fingerprint density at radius 2 is 1.74 bits per heavy atom. The first-order valence-electron chi connectivity index (χ1n) is 7.62. The molecule has 0 aliphatic heterocycles. The normalized spacial score (nSPS) is 41.4. The van der Waals surface area contributed by atoms with Gasteiger partial charge in [0, 0.05) is 0 Å². The Labute approximate surface area is 119 Å². The van der Waals surface area contributed by atoms with Gasteiger partial charge in [0.15, 0.2) is 0 Å². The monoisotopic (exact) mass is 283 g/mol. The summed E-state index contributed by atoms with van der Waals surface area (Å²) >= 11 is 1.94. The summed E-state index contributed by atoms with van der Waals surface area (Å²) in [4.78, 5) is 10.7. The van der Waals surface area contributed by atoms with E-state index in [0.29, 0.717) is 11.8 Å². The van der Waals surface area contributed by atoms with Crippen LogP contribution in [-0.2, 0) is 4.79 Å². The number of hydrogen-bond acceptors (Lipinski definition) is 3. The molecule has 0 aromatic rings. The van der Waals surface area contributed by atoms with Crippen molar-refractivity contribution in [3.63, 3.8) is 0 Å². The molecule has 4 rings (SSSR count). The lowest BCUT2D eigenvalue weighted by Gasteiger charge is -2.57. The summed E-state index contributed by atoms with van der Waals surface area (Å²) in [5.41, 5.74) is 6.15. The molecule has 0 aromatic heterocycles. The molecule has 3 nitrogen and oxygen atoms in total. The van der Waals surface area contributed by atoms with Gasteiger partial charge in [-0.2, -0.15) is 11.8 Å². The van der Waals surface area contributed by atoms with Crippen molar-refractivity contribution < 1.29 is 9.90 Å². The minimum atomic E-state index is -0.865. The van der Waals surface area contributed by atoms with Crippen molar-refractivity contribution in [1.82, 2.24) is 0 Å². The number of carboxylic acids is 1. The summed E-state index contributed by atoms with van der Waals surface area (Å²) in [7, 11) is 0. The second kappa shape index (κ2) is 5.28. The first kappa shape index (κ1) is 13.7. The van der Waals surface area contributed by atoms with Gasteiger partial charge in [0.05, 0.1) is 0 Å². The van der Waals surface area contributed by atoms with E-state index in [1.54, 1.807) is 0 Å². The van der Waals surface area contributed by atoms with E-state index in [4.69, 9.17) is 10.8 Å². The maximum Gasteiger partial charge on any atom is 0.320 e. The van der Waals surface area contributed by atoms with Gasteiger partial charge in [0.25, 0.3) is 0 Å². The summed E-state index contributed by atoms with van der Waals surface area (Å²) in [5, 5.41) is 8.78. The lowest BCUT2D eigenvalue weighted by molar-refractivity contribution is -0.138. The molecule has 0 radical (unpaired) electrons. The molecule has 1 atom stereocenters. The third kappa shape index (κ3) is 2.94. The highest BCUT2D eigenvalue weighted by atomic mass is 32.2. The number of hydrogen-bond donors (Lipinski definition) is 2. The number of carboxylic acid groups (broad SMARTS) is 1. The Kier molecular flexibility index (Phi) is 3.82. The topological polar surface area (TPSA) is 63.3 Å². The van der Waals surface area contributed by atoms with Gasteiger partial charge >= 0.3 is 5.97 Å². The van der Waals surface area contributed by atoms with E-state index in [0.717, 1.165) is 23.5 Å². The molecule has 4 bridgehead atoms. The summed E-state index contributed by atoms with van der Waals surface area (Å²) in [6, 6.07) is -0.677. The Balaban J connectivity index is 1.46. The summed E-state index contributed by atoms with van der Waals surface area (Å²) in [6.45, 7) is 0. The first-order chi connectivity index (χ1) is 9.06. The molecule has 4 aliphatic carbocycles. The van der Waals surface area contributed by atoms with Gasteiger partial charge in [0.1, 0.15) is 6.04 Å². The summed E-state index contributed by atoms with van der Waals surface area (Å²) < 4.78 is 0. The van der Waals surface area contributed by atoms with E-state index in [1.807, 2.05) is 11.8 Å². The van der Waals surface area contributed by atoms with Crippen molar-refractivity contribution in [3.8, 4) is 0 Å². The lowest BCUT2D eigenvalue weighted by atomic mass is 9.50. The van der Waals surface area contributed by atoms with Crippen molar-refractivity contribution in [1.29, 1.82) is 0 Å². The van der Waals surface area contributed by atoms with E-state index < -0.39 is 12.0 Å². The van der Waals surface area contributed by atoms with E-state index in [-0.39, 0.29) is 0 Å². The largest absolute Gasteiger partial charge is 0.480 e. The highest BCUT2D eigenvalue weighted by molar-refractivity contribution is 7.99. The van der Waals surface area contributed by atoms with Gasteiger partial charge in [-0.3, -0.25) is 4.79 Å². The van der Waals surface area contributed by atoms with Gasteiger partial charge in [-0.1, -0.05) is 0 Å². The van der Waals surface area contributed by atoms with Crippen LogP contribution in [0.2, 0.25) is 0 Å². The second-order valence-electron chi connectivity index (χ2n) is 7.20. The zero-order valence-corrected chi connectivity index (χ0v) is 12.3. The van der Waals surface area contributed by atoms with Crippen molar-refractivity contribution >= 4 is 17.7 Å². The van der Waals surface area contributed by atoms with Crippen LogP contribution in [-0.4, -0.2) is 28.6 Å². The molecule has 1 unspecified atom stereocenters. The minimum absolute atomic E-state index is 0.604. The standard InChI is InChI=1S/C15H25NO2S/c16-13(14(17)18)1-2-19-9-15-6-10-3-11(7-15)5-12(4-10)8-15/h10-13H,1-9,16H2,(H,17,18). The van der Waals surface area contributed by atoms with Crippen LogP contribution < -0.4 is 5.73 Å². The molecule has 3 N–H and O–H groups in total. The van der Waals surface area contributed by atoms with Crippen molar-refractivity contribution in [2.75, 3.05) is 11.5 Å². The zero-order chi connectivity index (χ0) is 13.5. The molecule has 0 heterocycles. The smallest absolute Gasteiger partial charge is 0.320 e. The van der Waals surface area contributed by atoms with E-state index >= 15 is 0 Å². The third-order valence-electron chi connectivity index (χ3n) is 5.46. The molecule has 0 spiro atoms. The van der Waals surface area contributed by atoms with E-state index in [9.17, 15) is 4.79 Å². The van der Waals surface area contributed by atoms with Crippen molar-refractivity contribution in [2.24, 2.45) is 28.9 Å². The zero-order valence-electron chi connectivity index (χ0n) is 11.5. The highest BCUT2D eigenvalue weighted by Crippen LogP contribution is 2.60. The molecule has 108 valence electrons. The molecule has 4 aliphatic rings.